The van der Waals surface area contributed by atoms with Crippen LogP contribution in [0.25, 0.3) is 11.0 Å². The molecular weight excluding hydrogens is 378 g/mol. The van der Waals surface area contributed by atoms with Crippen molar-refractivity contribution in [3.8, 4) is 6.01 Å². The second-order valence-corrected chi connectivity index (χ2v) is 6.15. The van der Waals surface area contributed by atoms with E-state index < -0.39 is 11.9 Å². The van der Waals surface area contributed by atoms with Crippen LogP contribution in [0.3, 0.4) is 0 Å². The number of amides is 1. The molecule has 0 unspecified atom stereocenters. The molecule has 0 fully saturated rings. The van der Waals surface area contributed by atoms with Gasteiger partial charge in [-0.1, -0.05) is 30.3 Å². The fraction of sp³-hybridized carbons (Fsp3) is 0.100. The molecule has 146 valence electrons. The number of imidazole rings is 1. The third-order valence-electron chi connectivity index (χ3n) is 4.18. The lowest BCUT2D eigenvalue weighted by Gasteiger charge is -2.02. The Morgan fingerprint density at radius 3 is 2.62 bits per heavy atom. The van der Waals surface area contributed by atoms with Crippen LogP contribution in [0.2, 0.25) is 0 Å². The molecular formula is C20H15N3O6. The number of aromatic nitrogens is 2. The minimum atomic E-state index is -0.842. The lowest BCUT2D eigenvalue weighted by atomic mass is 10.0. The van der Waals surface area contributed by atoms with Gasteiger partial charge in [0.25, 0.3) is 0 Å². The maximum atomic E-state index is 12.6. The molecule has 1 amide bonds. The number of nitrogens with one attached hydrogen (secondary N) is 2. The van der Waals surface area contributed by atoms with Crippen molar-refractivity contribution in [3.63, 3.8) is 0 Å². The highest BCUT2D eigenvalue weighted by Crippen LogP contribution is 2.19. The zero-order valence-corrected chi connectivity index (χ0v) is 15.2. The van der Waals surface area contributed by atoms with E-state index in [4.69, 9.17) is 13.6 Å². The highest BCUT2D eigenvalue weighted by molar-refractivity contribution is 6.10. The van der Waals surface area contributed by atoms with Crippen LogP contribution in [-0.4, -0.2) is 21.8 Å². The smallest absolute Gasteiger partial charge is 0.396 e. The zero-order chi connectivity index (χ0) is 20.4. The number of rotatable bonds is 5. The number of hydrogen-bond acceptors (Lipinski definition) is 7. The van der Waals surface area contributed by atoms with Gasteiger partial charge in [-0.05, 0) is 25.1 Å². The Kier molecular flexibility index (Phi) is 4.70. The Bertz CT molecular complexity index is 1250. The summed E-state index contributed by atoms with van der Waals surface area (Å²) in [6.45, 7) is 1.47. The van der Waals surface area contributed by atoms with E-state index in [9.17, 15) is 14.4 Å². The fourth-order valence-corrected chi connectivity index (χ4v) is 2.74. The first-order valence-electron chi connectivity index (χ1n) is 8.64. The van der Waals surface area contributed by atoms with E-state index in [1.165, 1.54) is 0 Å². The van der Waals surface area contributed by atoms with Crippen molar-refractivity contribution >= 4 is 22.9 Å². The van der Waals surface area contributed by atoms with Gasteiger partial charge in [0, 0.05) is 11.1 Å². The lowest BCUT2D eigenvalue weighted by Crippen LogP contribution is -2.26. The van der Waals surface area contributed by atoms with Gasteiger partial charge in [0.05, 0.1) is 17.6 Å². The summed E-state index contributed by atoms with van der Waals surface area (Å²) in [5.41, 5.74) is 2.14. The highest BCUT2D eigenvalue weighted by atomic mass is 16.6. The van der Waals surface area contributed by atoms with E-state index in [-0.39, 0.29) is 29.9 Å². The van der Waals surface area contributed by atoms with Crippen molar-refractivity contribution in [1.82, 2.24) is 15.3 Å². The number of H-pyrrole nitrogens is 1. The van der Waals surface area contributed by atoms with Crippen LogP contribution >= 0.6 is 0 Å². The summed E-state index contributed by atoms with van der Waals surface area (Å²) in [7, 11) is 0. The Balaban J connectivity index is 1.46. The highest BCUT2D eigenvalue weighted by Gasteiger charge is 2.14. The Morgan fingerprint density at radius 1 is 1.10 bits per heavy atom. The topological polar surface area (TPSA) is 127 Å². The first-order valence-corrected chi connectivity index (χ1v) is 8.64. The molecule has 0 saturated carbocycles. The molecule has 29 heavy (non-hydrogen) atoms. The van der Waals surface area contributed by atoms with Crippen molar-refractivity contribution in [1.29, 1.82) is 0 Å². The Labute approximate surface area is 163 Å². The van der Waals surface area contributed by atoms with E-state index in [2.05, 4.69) is 15.3 Å². The summed E-state index contributed by atoms with van der Waals surface area (Å²) < 4.78 is 14.6. The third kappa shape index (κ3) is 3.93. The van der Waals surface area contributed by atoms with E-state index in [1.807, 2.05) is 6.07 Å². The van der Waals surface area contributed by atoms with Gasteiger partial charge in [-0.2, -0.15) is 4.98 Å². The predicted octanol–water partition coefficient (Wildman–Crippen LogP) is 2.94. The molecule has 0 saturated heterocycles. The molecule has 4 rings (SSSR count). The van der Waals surface area contributed by atoms with E-state index in [0.717, 1.165) is 0 Å². The van der Waals surface area contributed by atoms with Crippen LogP contribution in [0.1, 0.15) is 27.4 Å². The molecule has 0 bridgehead atoms. The lowest BCUT2D eigenvalue weighted by molar-refractivity contribution is 0.103. The molecule has 0 aliphatic rings. The molecule has 0 atom stereocenters. The maximum absolute atomic E-state index is 12.6. The van der Waals surface area contributed by atoms with Crippen molar-refractivity contribution in [2.75, 3.05) is 0 Å². The van der Waals surface area contributed by atoms with Gasteiger partial charge in [-0.15, -0.1) is 0 Å². The number of fused-ring (bicyclic) bond motifs is 1. The van der Waals surface area contributed by atoms with Crippen LogP contribution < -0.4 is 15.9 Å². The second-order valence-electron chi connectivity index (χ2n) is 6.15. The minimum Gasteiger partial charge on any atom is -0.396 e. The Morgan fingerprint density at radius 2 is 1.90 bits per heavy atom. The summed E-state index contributed by atoms with van der Waals surface area (Å²) in [5.74, 6) is -0.500. The summed E-state index contributed by atoms with van der Waals surface area (Å²) in [4.78, 5) is 42.5. The molecule has 0 spiro atoms. The number of benzene rings is 2. The van der Waals surface area contributed by atoms with Gasteiger partial charge in [0.1, 0.15) is 5.76 Å². The first-order chi connectivity index (χ1) is 14.0. The van der Waals surface area contributed by atoms with Gasteiger partial charge in [-0.3, -0.25) is 4.79 Å². The molecule has 0 radical (unpaired) electrons. The van der Waals surface area contributed by atoms with Gasteiger partial charge in [-0.25, -0.2) is 9.59 Å². The number of ketones is 1. The van der Waals surface area contributed by atoms with Crippen molar-refractivity contribution < 1.29 is 23.2 Å². The average Bonchev–Trinajstić information content (AvgIpc) is 3.26. The SMILES string of the molecule is Cc1oc(=O)oc1CNC(=O)Oc1nc2ccc(C(=O)c3ccccc3)cc2[nH]1. The largest absolute Gasteiger partial charge is 0.519 e. The number of carbonyl (C=O) groups excluding carboxylic acids is 2. The van der Waals surface area contributed by atoms with E-state index >= 15 is 0 Å². The number of hydrogen-bond donors (Lipinski definition) is 2. The summed E-state index contributed by atoms with van der Waals surface area (Å²) in [6, 6.07) is 13.8. The Hall–Kier alpha value is -4.14. The number of ether oxygens (including phenoxy) is 1. The third-order valence-corrected chi connectivity index (χ3v) is 4.18. The average molecular weight is 393 g/mol. The van der Waals surface area contributed by atoms with Gasteiger partial charge < -0.3 is 23.9 Å². The summed E-state index contributed by atoms with van der Waals surface area (Å²) >= 11 is 0. The van der Waals surface area contributed by atoms with Crippen LogP contribution in [0.5, 0.6) is 6.01 Å². The van der Waals surface area contributed by atoms with Gasteiger partial charge in [0.15, 0.2) is 11.5 Å². The molecule has 2 N–H and O–H groups in total. The molecule has 0 aliphatic heterocycles. The van der Waals surface area contributed by atoms with Crippen molar-refractivity contribution in [2.24, 2.45) is 0 Å². The molecule has 0 aliphatic carbocycles. The van der Waals surface area contributed by atoms with Crippen LogP contribution in [0, 0.1) is 6.92 Å². The van der Waals surface area contributed by atoms with E-state index in [1.54, 1.807) is 49.4 Å². The minimum absolute atomic E-state index is 0.0350. The molecule has 9 nitrogen and oxygen atoms in total. The molecule has 2 aromatic heterocycles. The predicted molar refractivity (Wildman–Crippen MR) is 101 cm³/mol. The zero-order valence-electron chi connectivity index (χ0n) is 15.2. The van der Waals surface area contributed by atoms with Crippen LogP contribution in [0.15, 0.2) is 62.2 Å². The molecule has 4 aromatic rings. The van der Waals surface area contributed by atoms with Crippen LogP contribution in [-0.2, 0) is 6.54 Å². The van der Waals surface area contributed by atoms with E-state index in [0.29, 0.717) is 22.2 Å². The molecule has 2 aromatic carbocycles. The number of aryl methyl sites for hydroxylation is 1. The molecule has 2 heterocycles. The quantitative estimate of drug-likeness (QED) is 0.499. The van der Waals surface area contributed by atoms with Crippen LogP contribution in [0.4, 0.5) is 4.79 Å². The van der Waals surface area contributed by atoms with Gasteiger partial charge >= 0.3 is 17.9 Å². The first kappa shape index (κ1) is 18.2. The number of carbonyl (C=O) groups is 2. The second kappa shape index (κ2) is 7.47. The normalized spacial score (nSPS) is 10.8. The standard InChI is InChI=1S/C20H15N3O6/c1-11-16(28-20(26)27-11)10-21-19(25)29-18-22-14-8-7-13(9-15(14)23-18)17(24)12-5-3-2-4-6-12/h2-9H,10H2,1H3,(H,21,25)(H,22,23). The monoisotopic (exact) mass is 393 g/mol. The summed E-state index contributed by atoms with van der Waals surface area (Å²) in [6.07, 6.45) is -0.798. The number of aromatic amines is 1. The van der Waals surface area contributed by atoms with Crippen molar-refractivity contribution in [2.45, 2.75) is 13.5 Å². The molecule has 9 heteroatoms. The number of nitrogens with zero attached hydrogens (tertiary/aromatic N) is 1. The maximum Gasteiger partial charge on any atom is 0.519 e. The van der Waals surface area contributed by atoms with Gasteiger partial charge in [0.2, 0.25) is 0 Å². The fourth-order valence-electron chi connectivity index (χ4n) is 2.74. The van der Waals surface area contributed by atoms with Crippen molar-refractivity contribution in [3.05, 3.63) is 81.8 Å². The summed E-state index contributed by atoms with van der Waals surface area (Å²) in [5, 5.41) is 2.43.